The monoisotopic (exact) mass is 297 g/mol. The van der Waals surface area contributed by atoms with E-state index < -0.39 is 0 Å². The van der Waals surface area contributed by atoms with E-state index in [1.54, 1.807) is 0 Å². The van der Waals surface area contributed by atoms with Crippen LogP contribution in [0.2, 0.25) is 0 Å². The second-order valence-electron chi connectivity index (χ2n) is 7.16. The average molecular weight is 298 g/mol. The summed E-state index contributed by atoms with van der Waals surface area (Å²) in [6.45, 7) is 15.8. The Labute approximate surface area is 133 Å². The molecule has 0 aromatic rings. The van der Waals surface area contributed by atoms with Crippen molar-refractivity contribution in [2.45, 2.75) is 91.7 Å². The number of ether oxygens (including phenoxy) is 1. The summed E-state index contributed by atoms with van der Waals surface area (Å²) in [5.74, 6) is 2.51. The summed E-state index contributed by atoms with van der Waals surface area (Å²) < 4.78 is 6.34. The highest BCUT2D eigenvalue weighted by Crippen LogP contribution is 2.40. The smallest absolute Gasteiger partial charge is 0.0832 e. The third-order valence-corrected chi connectivity index (χ3v) is 5.92. The Bertz CT molecular complexity index is 275. The largest absolute Gasteiger partial charge is 0.374 e. The van der Waals surface area contributed by atoms with Crippen molar-refractivity contribution in [3.8, 4) is 0 Å². The first-order chi connectivity index (χ1) is 10.0. The van der Waals surface area contributed by atoms with Gasteiger partial charge in [0.25, 0.3) is 0 Å². The zero-order valence-corrected chi connectivity index (χ0v) is 15.4. The molecule has 4 unspecified atom stereocenters. The molecule has 0 amide bonds. The van der Waals surface area contributed by atoms with Crippen LogP contribution in [0, 0.1) is 17.8 Å². The first-order valence-corrected chi connectivity index (χ1v) is 9.41. The third kappa shape index (κ3) is 4.69. The van der Waals surface area contributed by atoms with Crippen LogP contribution in [-0.4, -0.2) is 24.8 Å². The van der Waals surface area contributed by atoms with Gasteiger partial charge in [0.2, 0.25) is 0 Å². The van der Waals surface area contributed by atoms with E-state index in [0.29, 0.717) is 6.04 Å². The molecule has 0 bridgehead atoms. The molecule has 0 spiro atoms. The van der Waals surface area contributed by atoms with E-state index in [1.165, 1.54) is 25.7 Å². The van der Waals surface area contributed by atoms with Crippen molar-refractivity contribution in [1.29, 1.82) is 0 Å². The Morgan fingerprint density at radius 2 is 1.71 bits per heavy atom. The van der Waals surface area contributed by atoms with Crippen molar-refractivity contribution in [1.82, 2.24) is 5.32 Å². The predicted molar refractivity (Wildman–Crippen MR) is 92.7 cm³/mol. The first kappa shape index (κ1) is 19.0. The fraction of sp³-hybridized carbons (Fsp3) is 1.00. The van der Waals surface area contributed by atoms with E-state index in [0.717, 1.165) is 43.7 Å². The maximum atomic E-state index is 6.34. The van der Waals surface area contributed by atoms with Gasteiger partial charge in [0.05, 0.1) is 5.60 Å². The second kappa shape index (κ2) is 9.15. The predicted octanol–water partition coefficient (Wildman–Crippen LogP) is 5.02. The molecule has 1 aliphatic rings. The van der Waals surface area contributed by atoms with Gasteiger partial charge in [-0.2, -0.15) is 0 Å². The van der Waals surface area contributed by atoms with E-state index in [-0.39, 0.29) is 5.60 Å². The molecule has 1 aliphatic carbocycles. The maximum Gasteiger partial charge on any atom is 0.0832 e. The molecule has 2 heteroatoms. The molecule has 0 aromatic carbocycles. The third-order valence-electron chi connectivity index (χ3n) is 5.92. The molecule has 0 aliphatic heterocycles. The molecule has 4 atom stereocenters. The van der Waals surface area contributed by atoms with Crippen molar-refractivity contribution in [2.75, 3.05) is 13.2 Å². The summed E-state index contributed by atoms with van der Waals surface area (Å²) in [6.07, 6.45) is 7.52. The zero-order valence-electron chi connectivity index (χ0n) is 15.4. The molecule has 126 valence electrons. The maximum absolute atomic E-state index is 6.34. The van der Waals surface area contributed by atoms with Crippen molar-refractivity contribution in [2.24, 2.45) is 17.8 Å². The van der Waals surface area contributed by atoms with Crippen LogP contribution >= 0.6 is 0 Å². The minimum Gasteiger partial charge on any atom is -0.374 e. The average Bonchev–Trinajstić information content (AvgIpc) is 2.49. The van der Waals surface area contributed by atoms with Crippen LogP contribution in [0.4, 0.5) is 0 Å². The van der Waals surface area contributed by atoms with Gasteiger partial charge in [-0.1, -0.05) is 41.0 Å². The Morgan fingerprint density at radius 1 is 1.05 bits per heavy atom. The molecule has 1 fully saturated rings. The van der Waals surface area contributed by atoms with Crippen LogP contribution in [0.25, 0.3) is 0 Å². The number of hydrogen-bond donors (Lipinski definition) is 1. The fourth-order valence-corrected chi connectivity index (χ4v) is 4.25. The molecule has 1 N–H and O–H groups in total. The lowest BCUT2D eigenvalue weighted by Crippen LogP contribution is -2.57. The van der Waals surface area contributed by atoms with Gasteiger partial charge in [0.15, 0.2) is 0 Å². The van der Waals surface area contributed by atoms with Crippen LogP contribution in [0.3, 0.4) is 0 Å². The molecule has 0 heterocycles. The summed E-state index contributed by atoms with van der Waals surface area (Å²) in [5.41, 5.74) is 0.0227. The van der Waals surface area contributed by atoms with Crippen LogP contribution in [0.15, 0.2) is 0 Å². The van der Waals surface area contributed by atoms with Crippen LogP contribution < -0.4 is 5.32 Å². The lowest BCUT2D eigenvalue weighted by atomic mass is 9.68. The van der Waals surface area contributed by atoms with Crippen LogP contribution in [0.5, 0.6) is 0 Å². The van der Waals surface area contributed by atoms with Crippen LogP contribution in [-0.2, 0) is 4.74 Å². The molecule has 0 aromatic heterocycles. The quantitative estimate of drug-likeness (QED) is 0.645. The molecule has 1 rings (SSSR count). The van der Waals surface area contributed by atoms with E-state index >= 15 is 0 Å². The number of rotatable bonds is 9. The molecular formula is C19H39NO. The van der Waals surface area contributed by atoms with Gasteiger partial charge in [-0.15, -0.1) is 0 Å². The summed E-state index contributed by atoms with van der Waals surface area (Å²) >= 11 is 0. The van der Waals surface area contributed by atoms with Crippen molar-refractivity contribution in [3.05, 3.63) is 0 Å². The van der Waals surface area contributed by atoms with Gasteiger partial charge in [-0.05, 0) is 63.3 Å². The topological polar surface area (TPSA) is 21.3 Å². The van der Waals surface area contributed by atoms with Crippen molar-refractivity contribution in [3.63, 3.8) is 0 Å². The highest BCUT2D eigenvalue weighted by atomic mass is 16.5. The van der Waals surface area contributed by atoms with E-state index in [9.17, 15) is 0 Å². The Hall–Kier alpha value is -0.0800. The normalized spacial score (nSPS) is 28.6. The van der Waals surface area contributed by atoms with Gasteiger partial charge < -0.3 is 10.1 Å². The van der Waals surface area contributed by atoms with Gasteiger partial charge >= 0.3 is 0 Å². The minimum atomic E-state index is 0.0227. The van der Waals surface area contributed by atoms with Crippen LogP contribution in [0.1, 0.15) is 80.1 Å². The zero-order chi connectivity index (χ0) is 15.9. The van der Waals surface area contributed by atoms with E-state index in [2.05, 4.69) is 46.9 Å². The molecule has 21 heavy (non-hydrogen) atoms. The Balaban J connectivity index is 2.91. The lowest BCUT2D eigenvalue weighted by Gasteiger charge is -2.47. The van der Waals surface area contributed by atoms with Gasteiger partial charge in [-0.3, -0.25) is 0 Å². The molecule has 1 saturated carbocycles. The summed E-state index contributed by atoms with van der Waals surface area (Å²) in [6, 6.07) is 0.516. The summed E-state index contributed by atoms with van der Waals surface area (Å²) in [4.78, 5) is 0. The van der Waals surface area contributed by atoms with E-state index in [4.69, 9.17) is 4.74 Å². The number of nitrogens with one attached hydrogen (secondary N) is 1. The SMILES string of the molecule is CCCNC(C1CCC(C)C(C)C1)C(CC)(CC)OCC. The number of hydrogen-bond acceptors (Lipinski definition) is 2. The highest BCUT2D eigenvalue weighted by Gasteiger charge is 2.42. The standard InChI is InChI=1S/C19H39NO/c1-7-13-20-18(19(8-2,9-3)21-10-4)17-12-11-15(5)16(6)14-17/h15-18,20H,7-14H2,1-6H3. The Kier molecular flexibility index (Phi) is 8.26. The Morgan fingerprint density at radius 3 is 2.19 bits per heavy atom. The molecule has 2 nitrogen and oxygen atoms in total. The summed E-state index contributed by atoms with van der Waals surface area (Å²) in [5, 5.41) is 3.88. The van der Waals surface area contributed by atoms with Gasteiger partial charge in [-0.25, -0.2) is 0 Å². The van der Waals surface area contributed by atoms with Gasteiger partial charge in [0.1, 0.15) is 0 Å². The first-order valence-electron chi connectivity index (χ1n) is 9.41. The van der Waals surface area contributed by atoms with Crippen molar-refractivity contribution < 1.29 is 4.74 Å². The second-order valence-corrected chi connectivity index (χ2v) is 7.16. The molecular weight excluding hydrogens is 258 g/mol. The minimum absolute atomic E-state index is 0.0227. The lowest BCUT2D eigenvalue weighted by molar-refractivity contribution is -0.0921. The van der Waals surface area contributed by atoms with E-state index in [1.807, 2.05) is 0 Å². The van der Waals surface area contributed by atoms with Gasteiger partial charge in [0, 0.05) is 12.6 Å². The summed E-state index contributed by atoms with van der Waals surface area (Å²) in [7, 11) is 0. The molecule has 0 saturated heterocycles. The van der Waals surface area contributed by atoms with Crippen molar-refractivity contribution >= 4 is 0 Å². The molecule has 0 radical (unpaired) electrons. The fourth-order valence-electron chi connectivity index (χ4n) is 4.25. The highest BCUT2D eigenvalue weighted by molar-refractivity contribution is 4.97.